The average molecular weight is 138 g/mol. The summed E-state index contributed by atoms with van der Waals surface area (Å²) in [6.07, 6.45) is -3.83. The second kappa shape index (κ2) is 2.17. The van der Waals surface area contributed by atoms with Crippen LogP contribution in [-0.2, 0) is 0 Å². The number of alkyl halides is 3. The number of nitrogens with zero attached hydrogens (tertiary/aromatic N) is 1. The van der Waals surface area contributed by atoms with Crippen LogP contribution in [0.1, 0.15) is 6.42 Å². The Bertz CT molecular complexity index is 92.9. The molecule has 1 atom stereocenters. The highest BCUT2D eigenvalue weighted by molar-refractivity contribution is 4.76. The van der Waals surface area contributed by atoms with E-state index in [1.165, 1.54) is 0 Å². The normalized spacial score (nSPS) is 29.0. The molecule has 0 aromatic heterocycles. The van der Waals surface area contributed by atoms with Crippen molar-refractivity contribution < 1.29 is 13.2 Å². The fraction of sp³-hybridized carbons (Fsp3) is 1.00. The third-order valence-corrected chi connectivity index (χ3v) is 1.45. The summed E-state index contributed by atoms with van der Waals surface area (Å²) in [5, 5.41) is 3.61. The van der Waals surface area contributed by atoms with Crippen LogP contribution in [0.5, 0.6) is 0 Å². The molecule has 1 radical (unpaired) electrons. The summed E-state index contributed by atoms with van der Waals surface area (Å²) in [6.45, 7) is 0.355. The van der Waals surface area contributed by atoms with Gasteiger partial charge < -0.3 is 0 Å². The fourth-order valence-corrected chi connectivity index (χ4v) is 0.853. The van der Waals surface area contributed by atoms with Gasteiger partial charge in [-0.1, -0.05) is 0 Å². The zero-order valence-corrected chi connectivity index (χ0v) is 4.78. The molecular weight excluding hydrogens is 131 g/mol. The van der Waals surface area contributed by atoms with Gasteiger partial charge in [-0.15, -0.1) is 0 Å². The van der Waals surface area contributed by atoms with Gasteiger partial charge in [0.1, 0.15) is 0 Å². The summed E-state index contributed by atoms with van der Waals surface area (Å²) in [4.78, 5) is 0. The molecule has 4 heteroatoms. The molecule has 1 rings (SSSR count). The standard InChI is InChI=1S/C5H7F3N/c6-5(7,8)4-1-2-9-3-4/h4H,1-3H2/t4-/m1/s1. The van der Waals surface area contributed by atoms with Crippen LogP contribution in [0.25, 0.3) is 0 Å². The largest absolute Gasteiger partial charge is 0.393 e. The summed E-state index contributed by atoms with van der Waals surface area (Å²) < 4.78 is 35.1. The van der Waals surface area contributed by atoms with E-state index in [1.807, 2.05) is 0 Å². The molecule has 0 aliphatic carbocycles. The van der Waals surface area contributed by atoms with Gasteiger partial charge in [0, 0.05) is 13.1 Å². The van der Waals surface area contributed by atoms with Crippen molar-refractivity contribution in [1.29, 1.82) is 0 Å². The van der Waals surface area contributed by atoms with Crippen molar-refractivity contribution in [3.05, 3.63) is 0 Å². The summed E-state index contributed by atoms with van der Waals surface area (Å²) in [5.41, 5.74) is 0. The van der Waals surface area contributed by atoms with Crippen molar-refractivity contribution in [3.8, 4) is 0 Å². The van der Waals surface area contributed by atoms with Crippen molar-refractivity contribution in [2.24, 2.45) is 5.92 Å². The van der Waals surface area contributed by atoms with Crippen molar-refractivity contribution in [2.45, 2.75) is 12.6 Å². The van der Waals surface area contributed by atoms with E-state index in [2.05, 4.69) is 5.32 Å². The number of rotatable bonds is 0. The molecule has 1 saturated heterocycles. The van der Waals surface area contributed by atoms with Crippen LogP contribution in [-0.4, -0.2) is 19.3 Å². The topological polar surface area (TPSA) is 14.1 Å². The molecule has 1 nitrogen and oxygen atoms in total. The molecule has 1 aliphatic rings. The summed E-state index contributed by atoms with van der Waals surface area (Å²) >= 11 is 0. The highest BCUT2D eigenvalue weighted by Crippen LogP contribution is 2.30. The van der Waals surface area contributed by atoms with Gasteiger partial charge in [0.25, 0.3) is 0 Å². The zero-order valence-electron chi connectivity index (χ0n) is 4.78. The lowest BCUT2D eigenvalue weighted by molar-refractivity contribution is -0.168. The van der Waals surface area contributed by atoms with Crippen molar-refractivity contribution in [3.63, 3.8) is 0 Å². The van der Waals surface area contributed by atoms with Crippen LogP contribution < -0.4 is 5.32 Å². The first kappa shape index (κ1) is 6.86. The molecule has 0 amide bonds. The molecule has 0 aromatic rings. The smallest absolute Gasteiger partial charge is 0.241 e. The molecule has 1 heterocycles. The van der Waals surface area contributed by atoms with Gasteiger partial charge in [0.05, 0.1) is 5.92 Å². The Hall–Kier alpha value is -0.250. The van der Waals surface area contributed by atoms with E-state index in [9.17, 15) is 13.2 Å². The van der Waals surface area contributed by atoms with Crippen LogP contribution in [0.15, 0.2) is 0 Å². The first-order valence-electron chi connectivity index (χ1n) is 2.80. The molecule has 0 saturated carbocycles. The van der Waals surface area contributed by atoms with Gasteiger partial charge in [-0.05, 0) is 6.42 Å². The SMILES string of the molecule is FC(F)(F)[C@@H]1CC[N]C1. The number of hydrogen-bond donors (Lipinski definition) is 0. The molecule has 1 aliphatic heterocycles. The van der Waals surface area contributed by atoms with Gasteiger partial charge >= 0.3 is 6.18 Å². The molecule has 0 N–H and O–H groups in total. The van der Waals surface area contributed by atoms with Crippen LogP contribution in [0, 0.1) is 5.92 Å². The maximum atomic E-state index is 11.7. The Balaban J connectivity index is 2.42. The third kappa shape index (κ3) is 1.58. The molecule has 0 bridgehead atoms. The Morgan fingerprint density at radius 2 is 2.00 bits per heavy atom. The average Bonchev–Trinajstić information content (AvgIpc) is 2.08. The van der Waals surface area contributed by atoms with Crippen LogP contribution in [0.3, 0.4) is 0 Å². The highest BCUT2D eigenvalue weighted by atomic mass is 19.4. The predicted molar refractivity (Wildman–Crippen MR) is 26.0 cm³/mol. The first-order chi connectivity index (χ1) is 4.11. The molecule has 0 aromatic carbocycles. The van der Waals surface area contributed by atoms with Crippen LogP contribution in [0.2, 0.25) is 0 Å². The molecular formula is C5H7F3N. The van der Waals surface area contributed by atoms with Gasteiger partial charge in [-0.3, -0.25) is 0 Å². The van der Waals surface area contributed by atoms with E-state index in [1.54, 1.807) is 0 Å². The van der Waals surface area contributed by atoms with E-state index >= 15 is 0 Å². The van der Waals surface area contributed by atoms with Gasteiger partial charge in [-0.25, -0.2) is 5.32 Å². The Kier molecular flexibility index (Phi) is 1.66. The van der Waals surface area contributed by atoms with Crippen molar-refractivity contribution in [2.75, 3.05) is 13.1 Å². The molecule has 9 heavy (non-hydrogen) atoms. The van der Waals surface area contributed by atoms with E-state index < -0.39 is 12.1 Å². The monoisotopic (exact) mass is 138 g/mol. The van der Waals surface area contributed by atoms with E-state index in [4.69, 9.17) is 0 Å². The summed E-state index contributed by atoms with van der Waals surface area (Å²) in [6, 6.07) is 0. The van der Waals surface area contributed by atoms with Gasteiger partial charge in [0.15, 0.2) is 0 Å². The minimum atomic E-state index is -4.01. The first-order valence-corrected chi connectivity index (χ1v) is 2.80. The molecule has 1 fully saturated rings. The van der Waals surface area contributed by atoms with E-state index in [0.717, 1.165) is 0 Å². The number of hydrogen-bond acceptors (Lipinski definition) is 0. The third-order valence-electron chi connectivity index (χ3n) is 1.45. The Morgan fingerprint density at radius 3 is 2.22 bits per heavy atom. The zero-order chi connectivity index (χ0) is 6.91. The van der Waals surface area contributed by atoms with E-state index in [-0.39, 0.29) is 13.0 Å². The minimum absolute atomic E-state index is 0.0243. The highest BCUT2D eigenvalue weighted by Gasteiger charge is 2.41. The lowest BCUT2D eigenvalue weighted by Crippen LogP contribution is -2.23. The van der Waals surface area contributed by atoms with Crippen molar-refractivity contribution >= 4 is 0 Å². The minimum Gasteiger partial charge on any atom is -0.241 e. The Morgan fingerprint density at radius 1 is 1.33 bits per heavy atom. The maximum absolute atomic E-state index is 11.7. The lowest BCUT2D eigenvalue weighted by atomic mass is 10.1. The predicted octanol–water partition coefficient (Wildman–Crippen LogP) is 1.17. The molecule has 53 valence electrons. The van der Waals surface area contributed by atoms with Gasteiger partial charge in [-0.2, -0.15) is 13.2 Å². The fourth-order valence-electron chi connectivity index (χ4n) is 0.853. The van der Waals surface area contributed by atoms with Crippen LogP contribution >= 0.6 is 0 Å². The second-order valence-corrected chi connectivity index (χ2v) is 2.16. The Labute approximate surface area is 51.2 Å². The maximum Gasteiger partial charge on any atom is 0.393 e. The number of halogens is 3. The summed E-state index contributed by atoms with van der Waals surface area (Å²) in [7, 11) is 0. The van der Waals surface area contributed by atoms with Gasteiger partial charge in [0.2, 0.25) is 0 Å². The van der Waals surface area contributed by atoms with Crippen LogP contribution in [0.4, 0.5) is 13.2 Å². The quantitative estimate of drug-likeness (QED) is 0.477. The molecule has 0 unspecified atom stereocenters. The molecule has 0 spiro atoms. The lowest BCUT2D eigenvalue weighted by Gasteiger charge is -2.11. The summed E-state index contributed by atoms with van der Waals surface area (Å²) in [5.74, 6) is -1.16. The second-order valence-electron chi connectivity index (χ2n) is 2.16. The van der Waals surface area contributed by atoms with E-state index in [0.29, 0.717) is 6.54 Å². The van der Waals surface area contributed by atoms with Crippen molar-refractivity contribution in [1.82, 2.24) is 5.32 Å².